The smallest absolute Gasteiger partial charge is 0.136 e. The van der Waals surface area contributed by atoms with E-state index in [0.717, 1.165) is 13.1 Å². The van der Waals surface area contributed by atoms with Gasteiger partial charge in [0.2, 0.25) is 0 Å². The highest BCUT2D eigenvalue weighted by Crippen LogP contribution is 2.30. The number of piperidine rings is 1. The lowest BCUT2D eigenvalue weighted by molar-refractivity contribution is -0.123. The molecule has 1 atom stereocenters. The monoisotopic (exact) mass is 265 g/mol. The molecule has 1 saturated heterocycles. The third kappa shape index (κ3) is 2.97. The number of Topliss-reactive ketones (excluding diaryl/α,β-unsaturated/α-hetero) is 1. The van der Waals surface area contributed by atoms with Gasteiger partial charge in [-0.15, -0.1) is 0 Å². The molecule has 2 aromatic carbocycles. The van der Waals surface area contributed by atoms with Crippen LogP contribution in [0.2, 0.25) is 0 Å². The van der Waals surface area contributed by atoms with Gasteiger partial charge in [-0.25, -0.2) is 0 Å². The lowest BCUT2D eigenvalue weighted by Gasteiger charge is -2.35. The largest absolute Gasteiger partial charge is 0.300 e. The minimum Gasteiger partial charge on any atom is -0.300 e. The molecule has 1 heterocycles. The third-order valence-electron chi connectivity index (χ3n) is 3.95. The number of benzene rings is 2. The van der Waals surface area contributed by atoms with E-state index in [-0.39, 0.29) is 6.04 Å². The minimum absolute atomic E-state index is 0.220. The lowest BCUT2D eigenvalue weighted by Crippen LogP contribution is -2.36. The molecule has 1 fully saturated rings. The first-order valence-electron chi connectivity index (χ1n) is 7.17. The van der Waals surface area contributed by atoms with E-state index in [1.54, 1.807) is 0 Å². The van der Waals surface area contributed by atoms with E-state index in [9.17, 15) is 4.79 Å². The van der Waals surface area contributed by atoms with Crippen molar-refractivity contribution in [1.29, 1.82) is 0 Å². The molecule has 1 aliphatic heterocycles. The first-order chi connectivity index (χ1) is 9.83. The van der Waals surface area contributed by atoms with Crippen molar-refractivity contribution in [2.45, 2.75) is 25.4 Å². The van der Waals surface area contributed by atoms with Gasteiger partial charge in [0.15, 0.2) is 0 Å². The molecular formula is C18H19NO. The van der Waals surface area contributed by atoms with Crippen molar-refractivity contribution in [3.63, 3.8) is 0 Å². The second kappa shape index (κ2) is 6.02. The molecular weight excluding hydrogens is 246 g/mol. The van der Waals surface area contributed by atoms with E-state index in [2.05, 4.69) is 53.4 Å². The maximum atomic E-state index is 11.8. The highest BCUT2D eigenvalue weighted by Gasteiger charge is 2.27. The Hall–Kier alpha value is -1.93. The van der Waals surface area contributed by atoms with Gasteiger partial charge in [-0.2, -0.15) is 0 Å². The molecule has 0 radical (unpaired) electrons. The Labute approximate surface area is 120 Å². The van der Waals surface area contributed by atoms with Crippen molar-refractivity contribution in [1.82, 2.24) is 4.90 Å². The zero-order chi connectivity index (χ0) is 13.8. The van der Waals surface area contributed by atoms with Gasteiger partial charge in [0.1, 0.15) is 5.78 Å². The number of rotatable bonds is 3. The first-order valence-corrected chi connectivity index (χ1v) is 7.17. The number of likely N-dealkylation sites (tertiary alicyclic amines) is 1. The Bertz CT molecular complexity index is 564. The quantitative estimate of drug-likeness (QED) is 0.845. The van der Waals surface area contributed by atoms with Crippen molar-refractivity contribution in [3.05, 3.63) is 71.8 Å². The van der Waals surface area contributed by atoms with Gasteiger partial charge in [-0.1, -0.05) is 60.7 Å². The predicted molar refractivity (Wildman–Crippen MR) is 80.3 cm³/mol. The van der Waals surface area contributed by atoms with E-state index >= 15 is 0 Å². The number of hydrogen-bond donors (Lipinski definition) is 0. The van der Waals surface area contributed by atoms with Crippen LogP contribution in [0.4, 0.5) is 0 Å². The molecule has 2 nitrogen and oxygen atoms in total. The van der Waals surface area contributed by atoms with Crippen LogP contribution in [0.25, 0.3) is 0 Å². The first kappa shape index (κ1) is 13.1. The van der Waals surface area contributed by atoms with Crippen LogP contribution in [0, 0.1) is 0 Å². The molecule has 2 heteroatoms. The molecule has 0 N–H and O–H groups in total. The van der Waals surface area contributed by atoms with Crippen LogP contribution < -0.4 is 0 Å². The summed E-state index contributed by atoms with van der Waals surface area (Å²) in [6, 6.07) is 21.1. The molecule has 0 saturated carbocycles. The van der Waals surface area contributed by atoms with Crippen LogP contribution in [0.1, 0.15) is 30.0 Å². The van der Waals surface area contributed by atoms with E-state index in [4.69, 9.17) is 0 Å². The van der Waals surface area contributed by atoms with Gasteiger partial charge in [0.25, 0.3) is 0 Å². The maximum Gasteiger partial charge on any atom is 0.136 e. The van der Waals surface area contributed by atoms with Crippen LogP contribution in [0.5, 0.6) is 0 Å². The van der Waals surface area contributed by atoms with Crippen molar-refractivity contribution in [3.8, 4) is 0 Å². The molecule has 1 aliphatic rings. The summed E-state index contributed by atoms with van der Waals surface area (Å²) in [7, 11) is 0. The van der Waals surface area contributed by atoms with Gasteiger partial charge in [0, 0.05) is 32.0 Å². The third-order valence-corrected chi connectivity index (χ3v) is 3.95. The molecule has 20 heavy (non-hydrogen) atoms. The van der Waals surface area contributed by atoms with Crippen molar-refractivity contribution < 1.29 is 4.79 Å². The summed E-state index contributed by atoms with van der Waals surface area (Å²) in [5.41, 5.74) is 2.55. The number of nitrogens with zero attached hydrogens (tertiary/aromatic N) is 1. The Morgan fingerprint density at radius 2 is 1.60 bits per heavy atom. The Morgan fingerprint density at radius 1 is 0.950 bits per heavy atom. The summed E-state index contributed by atoms with van der Waals surface area (Å²) in [5.74, 6) is 0.378. The molecule has 0 aliphatic carbocycles. The number of ketones is 1. The average Bonchev–Trinajstić information content (AvgIpc) is 2.51. The van der Waals surface area contributed by atoms with E-state index in [1.165, 1.54) is 11.1 Å². The molecule has 3 rings (SSSR count). The fraction of sp³-hybridized carbons (Fsp3) is 0.278. The summed E-state index contributed by atoms with van der Waals surface area (Å²) in [6.45, 7) is 1.76. The number of carbonyl (C=O) groups excluding carboxylic acids is 1. The molecule has 102 valence electrons. The zero-order valence-corrected chi connectivity index (χ0v) is 11.5. The van der Waals surface area contributed by atoms with Gasteiger partial charge < -0.3 is 0 Å². The standard InChI is InChI=1S/C18H19NO/c20-17-11-12-19(14-15-7-3-1-4-8-15)18(13-17)16-9-5-2-6-10-16/h1-10,18H,11-14H2. The summed E-state index contributed by atoms with van der Waals surface area (Å²) >= 11 is 0. The summed E-state index contributed by atoms with van der Waals surface area (Å²) in [6.07, 6.45) is 1.31. The van der Waals surface area contributed by atoms with Gasteiger partial charge in [-0.05, 0) is 11.1 Å². The lowest BCUT2D eigenvalue weighted by atomic mass is 9.94. The van der Waals surface area contributed by atoms with Crippen LogP contribution >= 0.6 is 0 Å². The second-order valence-electron chi connectivity index (χ2n) is 5.38. The fourth-order valence-electron chi connectivity index (χ4n) is 2.88. The summed E-state index contributed by atoms with van der Waals surface area (Å²) in [4.78, 5) is 14.2. The fourth-order valence-corrected chi connectivity index (χ4v) is 2.88. The van der Waals surface area contributed by atoms with E-state index in [0.29, 0.717) is 18.6 Å². The summed E-state index contributed by atoms with van der Waals surface area (Å²) < 4.78 is 0. The summed E-state index contributed by atoms with van der Waals surface area (Å²) in [5, 5.41) is 0. The normalized spacial score (nSPS) is 20.0. The molecule has 0 spiro atoms. The Balaban J connectivity index is 1.82. The van der Waals surface area contributed by atoms with Crippen LogP contribution in [0.15, 0.2) is 60.7 Å². The SMILES string of the molecule is O=C1CCN(Cc2ccccc2)C(c2ccccc2)C1. The topological polar surface area (TPSA) is 20.3 Å². The highest BCUT2D eigenvalue weighted by atomic mass is 16.1. The van der Waals surface area contributed by atoms with Crippen LogP contribution in [-0.2, 0) is 11.3 Å². The van der Waals surface area contributed by atoms with Gasteiger partial charge in [0.05, 0.1) is 0 Å². The van der Waals surface area contributed by atoms with E-state index < -0.39 is 0 Å². The second-order valence-corrected chi connectivity index (χ2v) is 5.38. The van der Waals surface area contributed by atoms with Crippen LogP contribution in [-0.4, -0.2) is 17.2 Å². The highest BCUT2D eigenvalue weighted by molar-refractivity contribution is 5.80. The van der Waals surface area contributed by atoms with Crippen molar-refractivity contribution in [2.75, 3.05) is 6.54 Å². The zero-order valence-electron chi connectivity index (χ0n) is 11.5. The van der Waals surface area contributed by atoms with Crippen molar-refractivity contribution in [2.24, 2.45) is 0 Å². The molecule has 0 bridgehead atoms. The van der Waals surface area contributed by atoms with Crippen LogP contribution in [0.3, 0.4) is 0 Å². The van der Waals surface area contributed by atoms with Crippen molar-refractivity contribution >= 4 is 5.78 Å². The van der Waals surface area contributed by atoms with Gasteiger partial charge >= 0.3 is 0 Å². The predicted octanol–water partition coefficient (Wildman–Crippen LogP) is 3.59. The molecule has 0 amide bonds. The minimum atomic E-state index is 0.220. The Kier molecular flexibility index (Phi) is 3.93. The number of carbonyl (C=O) groups is 1. The average molecular weight is 265 g/mol. The molecule has 2 aromatic rings. The molecule has 0 aromatic heterocycles. The van der Waals surface area contributed by atoms with E-state index in [1.807, 2.05) is 12.1 Å². The maximum absolute atomic E-state index is 11.8. The van der Waals surface area contributed by atoms with Gasteiger partial charge in [-0.3, -0.25) is 9.69 Å². The number of hydrogen-bond acceptors (Lipinski definition) is 2. The Morgan fingerprint density at radius 3 is 2.30 bits per heavy atom. The molecule has 1 unspecified atom stereocenters.